The zero-order valence-corrected chi connectivity index (χ0v) is 12.4. The molecule has 0 fully saturated rings. The number of hydrogen-bond acceptors (Lipinski definition) is 4. The predicted octanol–water partition coefficient (Wildman–Crippen LogP) is 3.00. The van der Waals surface area contributed by atoms with Crippen molar-refractivity contribution in [1.29, 1.82) is 0 Å². The molecule has 0 aliphatic rings. The van der Waals surface area contributed by atoms with Gasteiger partial charge in [0.1, 0.15) is 5.56 Å². The molecule has 1 amide bonds. The quantitative estimate of drug-likeness (QED) is 0.573. The van der Waals surface area contributed by atoms with Gasteiger partial charge in [0, 0.05) is 13.1 Å². The second kappa shape index (κ2) is 7.56. The van der Waals surface area contributed by atoms with Gasteiger partial charge >= 0.3 is 0 Å². The molecular weight excluding hydrogens is 279 g/mol. The molecule has 7 heteroatoms. The van der Waals surface area contributed by atoms with Crippen molar-refractivity contribution in [2.75, 3.05) is 19.7 Å². The van der Waals surface area contributed by atoms with Crippen LogP contribution in [0.1, 0.15) is 37.6 Å². The van der Waals surface area contributed by atoms with Gasteiger partial charge in [0.25, 0.3) is 11.6 Å². The van der Waals surface area contributed by atoms with Gasteiger partial charge in [-0.1, -0.05) is 6.92 Å². The highest BCUT2D eigenvalue weighted by molar-refractivity contribution is 5.98. The Labute approximate surface area is 122 Å². The van der Waals surface area contributed by atoms with E-state index in [0.717, 1.165) is 12.1 Å². The third-order valence-corrected chi connectivity index (χ3v) is 2.99. The first-order chi connectivity index (χ1) is 9.96. The Morgan fingerprint density at radius 1 is 1.33 bits per heavy atom. The molecule has 0 spiro atoms. The van der Waals surface area contributed by atoms with E-state index in [4.69, 9.17) is 4.74 Å². The van der Waals surface area contributed by atoms with Crippen LogP contribution in [-0.4, -0.2) is 35.4 Å². The molecule has 0 saturated carbocycles. The number of benzene rings is 1. The van der Waals surface area contributed by atoms with Crippen molar-refractivity contribution in [2.45, 2.75) is 27.2 Å². The number of halogens is 1. The zero-order valence-electron chi connectivity index (χ0n) is 12.4. The molecule has 116 valence electrons. The van der Waals surface area contributed by atoms with Crippen LogP contribution in [0.15, 0.2) is 12.1 Å². The first kappa shape index (κ1) is 16.9. The first-order valence-electron chi connectivity index (χ1n) is 6.86. The van der Waals surface area contributed by atoms with E-state index >= 15 is 0 Å². The van der Waals surface area contributed by atoms with Gasteiger partial charge in [-0.2, -0.15) is 0 Å². The number of hydrogen-bond donors (Lipinski definition) is 0. The van der Waals surface area contributed by atoms with Crippen molar-refractivity contribution in [2.24, 2.45) is 0 Å². The fourth-order valence-corrected chi connectivity index (χ4v) is 1.87. The number of nitro benzene ring substituents is 1. The lowest BCUT2D eigenvalue weighted by Crippen LogP contribution is -2.31. The lowest BCUT2D eigenvalue weighted by molar-refractivity contribution is -0.385. The van der Waals surface area contributed by atoms with Crippen LogP contribution in [-0.2, 0) is 0 Å². The van der Waals surface area contributed by atoms with Crippen LogP contribution >= 0.6 is 0 Å². The number of ether oxygens (including phenoxy) is 1. The molecule has 0 atom stereocenters. The molecule has 6 nitrogen and oxygen atoms in total. The Balaban J connectivity index is 3.28. The van der Waals surface area contributed by atoms with E-state index in [2.05, 4.69) is 0 Å². The van der Waals surface area contributed by atoms with E-state index in [-0.39, 0.29) is 17.9 Å². The molecule has 1 aromatic rings. The van der Waals surface area contributed by atoms with Crippen molar-refractivity contribution < 1.29 is 18.8 Å². The molecule has 0 aliphatic carbocycles. The second-order valence-corrected chi connectivity index (χ2v) is 4.38. The van der Waals surface area contributed by atoms with Crippen molar-refractivity contribution in [3.8, 4) is 5.75 Å². The van der Waals surface area contributed by atoms with Crippen LogP contribution in [0.25, 0.3) is 0 Å². The highest BCUT2D eigenvalue weighted by atomic mass is 19.1. The smallest absolute Gasteiger partial charge is 0.286 e. The molecule has 0 radical (unpaired) electrons. The summed E-state index contributed by atoms with van der Waals surface area (Å²) in [5.41, 5.74) is -0.704. The number of rotatable bonds is 7. The van der Waals surface area contributed by atoms with E-state index in [1.165, 1.54) is 4.90 Å². The minimum absolute atomic E-state index is 0.209. The molecule has 21 heavy (non-hydrogen) atoms. The number of carbonyl (C=O) groups is 1. The van der Waals surface area contributed by atoms with Crippen LogP contribution in [0.4, 0.5) is 10.1 Å². The maximum absolute atomic E-state index is 13.9. The minimum atomic E-state index is -0.774. The Morgan fingerprint density at radius 2 is 1.95 bits per heavy atom. The summed E-state index contributed by atoms with van der Waals surface area (Å²) in [6, 6.07) is 1.85. The molecule has 0 N–H and O–H groups in total. The summed E-state index contributed by atoms with van der Waals surface area (Å²) in [4.78, 5) is 24.0. The van der Waals surface area contributed by atoms with Crippen LogP contribution < -0.4 is 4.74 Å². The molecule has 0 aliphatic heterocycles. The van der Waals surface area contributed by atoms with Crippen molar-refractivity contribution in [1.82, 2.24) is 4.90 Å². The molecule has 0 unspecified atom stereocenters. The second-order valence-electron chi connectivity index (χ2n) is 4.38. The Hall–Kier alpha value is -2.18. The predicted molar refractivity (Wildman–Crippen MR) is 76.1 cm³/mol. The standard InChI is InChI=1S/C14H19FN2O4/c1-4-7-21-13-9-12(17(19)20)10(8-11(13)15)14(18)16(5-2)6-3/h8-9H,4-7H2,1-3H3. The van der Waals surface area contributed by atoms with Crippen molar-refractivity contribution in [3.63, 3.8) is 0 Å². The summed E-state index contributed by atoms with van der Waals surface area (Å²) >= 11 is 0. The van der Waals surface area contributed by atoms with Gasteiger partial charge in [-0.15, -0.1) is 0 Å². The summed E-state index contributed by atoms with van der Waals surface area (Å²) in [5, 5.41) is 11.1. The van der Waals surface area contributed by atoms with Gasteiger partial charge in [0.15, 0.2) is 11.6 Å². The van der Waals surface area contributed by atoms with E-state index in [0.29, 0.717) is 19.5 Å². The number of carbonyl (C=O) groups excluding carboxylic acids is 1. The summed E-state index contributed by atoms with van der Waals surface area (Å²) in [6.07, 6.45) is 0.646. The maximum atomic E-state index is 13.9. The molecule has 0 saturated heterocycles. The van der Waals surface area contributed by atoms with Crippen molar-refractivity contribution in [3.05, 3.63) is 33.6 Å². The van der Waals surface area contributed by atoms with Crippen LogP contribution in [0.3, 0.4) is 0 Å². The molecule has 0 bridgehead atoms. The van der Waals surface area contributed by atoms with Crippen LogP contribution in [0.2, 0.25) is 0 Å². The highest BCUT2D eigenvalue weighted by Gasteiger charge is 2.26. The molecule has 1 rings (SSSR count). The first-order valence-corrected chi connectivity index (χ1v) is 6.86. The van der Waals surface area contributed by atoms with Gasteiger partial charge in [-0.3, -0.25) is 14.9 Å². The maximum Gasteiger partial charge on any atom is 0.286 e. The Morgan fingerprint density at radius 3 is 2.43 bits per heavy atom. The van der Waals surface area contributed by atoms with Gasteiger partial charge in [-0.05, 0) is 26.3 Å². The van der Waals surface area contributed by atoms with E-state index in [9.17, 15) is 19.3 Å². The topological polar surface area (TPSA) is 72.7 Å². The Kier molecular flexibility index (Phi) is 6.08. The number of nitrogens with zero attached hydrogens (tertiary/aromatic N) is 2. The van der Waals surface area contributed by atoms with Gasteiger partial charge in [0.2, 0.25) is 0 Å². The summed E-state index contributed by atoms with van der Waals surface area (Å²) in [5.74, 6) is -1.54. The largest absolute Gasteiger partial charge is 0.490 e. The average Bonchev–Trinajstić information content (AvgIpc) is 2.46. The minimum Gasteiger partial charge on any atom is -0.490 e. The van der Waals surface area contributed by atoms with E-state index in [1.54, 1.807) is 13.8 Å². The fraction of sp³-hybridized carbons (Fsp3) is 0.500. The Bertz CT molecular complexity index is 530. The normalized spacial score (nSPS) is 10.3. The third-order valence-electron chi connectivity index (χ3n) is 2.99. The van der Waals surface area contributed by atoms with Crippen LogP contribution in [0, 0.1) is 15.9 Å². The lowest BCUT2D eigenvalue weighted by atomic mass is 10.1. The third kappa shape index (κ3) is 3.90. The van der Waals surface area contributed by atoms with Crippen LogP contribution in [0.5, 0.6) is 5.75 Å². The molecular formula is C14H19FN2O4. The van der Waals surface area contributed by atoms with Gasteiger partial charge < -0.3 is 9.64 Å². The summed E-state index contributed by atoms with van der Waals surface area (Å²) < 4.78 is 19.1. The van der Waals surface area contributed by atoms with E-state index in [1.807, 2.05) is 6.92 Å². The highest BCUT2D eigenvalue weighted by Crippen LogP contribution is 2.29. The zero-order chi connectivity index (χ0) is 16.0. The van der Waals surface area contributed by atoms with Gasteiger partial charge in [0.05, 0.1) is 17.6 Å². The fourth-order valence-electron chi connectivity index (χ4n) is 1.87. The number of amides is 1. The molecule has 1 aromatic carbocycles. The number of nitro groups is 1. The SMILES string of the molecule is CCCOc1cc([N+](=O)[O-])c(C(=O)N(CC)CC)cc1F. The summed E-state index contributed by atoms with van der Waals surface area (Å²) in [6.45, 7) is 6.37. The van der Waals surface area contributed by atoms with E-state index < -0.39 is 22.3 Å². The molecule has 0 aromatic heterocycles. The van der Waals surface area contributed by atoms with Gasteiger partial charge in [-0.25, -0.2) is 4.39 Å². The lowest BCUT2D eigenvalue weighted by Gasteiger charge is -2.19. The summed E-state index contributed by atoms with van der Waals surface area (Å²) in [7, 11) is 0. The monoisotopic (exact) mass is 298 g/mol. The molecule has 0 heterocycles. The van der Waals surface area contributed by atoms with Crippen molar-refractivity contribution >= 4 is 11.6 Å². The average molecular weight is 298 g/mol.